The van der Waals surface area contributed by atoms with Gasteiger partial charge in [-0.25, -0.2) is 4.79 Å². The van der Waals surface area contributed by atoms with E-state index in [1.54, 1.807) is 0 Å². The molecule has 0 rings (SSSR count). The summed E-state index contributed by atoms with van der Waals surface area (Å²) < 4.78 is 0. The first-order chi connectivity index (χ1) is 3.27. The molecule has 0 saturated heterocycles. The van der Waals surface area contributed by atoms with Gasteiger partial charge in [0.05, 0.1) is 0 Å². The minimum atomic E-state index is -1.22. The highest BCUT2D eigenvalue weighted by Gasteiger charge is 1.74. The highest BCUT2D eigenvalue weighted by molar-refractivity contribution is 5.85. The molecular weight excluding hydrogens is 92.1 g/mol. The molecule has 7 heavy (non-hydrogen) atoms. The summed E-state index contributed by atoms with van der Waals surface area (Å²) >= 11 is 0. The molecule has 0 heterocycles. The van der Waals surface area contributed by atoms with Crippen LogP contribution >= 0.6 is 0 Å². The Morgan fingerprint density at radius 1 is 1.71 bits per heavy atom. The van der Waals surface area contributed by atoms with Crippen LogP contribution in [0, 0.1) is 12.3 Å². The van der Waals surface area contributed by atoms with Crippen molar-refractivity contribution in [3.8, 4) is 12.3 Å². The Labute approximate surface area is 42.5 Å². The highest BCUT2D eigenvalue weighted by Crippen LogP contribution is 1.44. The van der Waals surface area contributed by atoms with Crippen molar-refractivity contribution in [2.75, 3.05) is 0 Å². The van der Waals surface area contributed by atoms with Crippen LogP contribution in [0.4, 0.5) is 0 Å². The molecule has 2 nitrogen and oxygen atoms in total. The van der Waals surface area contributed by atoms with Gasteiger partial charge in [-0.05, 0) is 0 Å². The number of hydrogen-bond donors (Lipinski definition) is 1. The number of terminal acetylenes is 1. The van der Waals surface area contributed by atoms with Crippen molar-refractivity contribution < 1.29 is 9.90 Å². The largest absolute Gasteiger partial charge is 0.472 e. The van der Waals surface area contributed by atoms with Gasteiger partial charge in [0.25, 0.3) is 0 Å². The summed E-state index contributed by atoms with van der Waals surface area (Å²) in [7, 11) is 0. The highest BCUT2D eigenvalue weighted by atomic mass is 16.4. The Kier molecular flexibility index (Phi) is 11.7. The van der Waals surface area contributed by atoms with Crippen LogP contribution in [0.25, 0.3) is 0 Å². The first kappa shape index (κ1) is 9.24. The number of rotatable bonds is 0. The maximum atomic E-state index is 9.13. The molecule has 38 valence electrons. The zero-order chi connectivity index (χ0) is 6.28. The molecule has 0 bridgehead atoms. The van der Waals surface area contributed by atoms with E-state index in [2.05, 4.69) is 19.6 Å². The Hall–Kier alpha value is -1.23. The van der Waals surface area contributed by atoms with E-state index < -0.39 is 5.97 Å². The van der Waals surface area contributed by atoms with Crippen molar-refractivity contribution in [1.82, 2.24) is 0 Å². The third-order valence-electron chi connectivity index (χ3n) is 0.123. The van der Waals surface area contributed by atoms with Crippen LogP contribution in [-0.2, 0) is 4.79 Å². The molecule has 0 aliphatic rings. The Morgan fingerprint density at radius 3 is 1.86 bits per heavy atom. The molecule has 0 amide bonds. The predicted octanol–water partition coefficient (Wildman–Crippen LogP) is 0.506. The van der Waals surface area contributed by atoms with Crippen molar-refractivity contribution in [3.63, 3.8) is 0 Å². The van der Waals surface area contributed by atoms with Crippen LogP contribution in [0.1, 0.15) is 0 Å². The van der Waals surface area contributed by atoms with E-state index in [1.807, 2.05) is 0 Å². The minimum Gasteiger partial charge on any atom is -0.472 e. The van der Waals surface area contributed by atoms with Crippen molar-refractivity contribution >= 4 is 5.97 Å². The third-order valence-corrected chi connectivity index (χ3v) is 0.123. The molecule has 0 saturated carbocycles. The summed E-state index contributed by atoms with van der Waals surface area (Å²) in [6, 6.07) is 0. The summed E-state index contributed by atoms with van der Waals surface area (Å²) in [5.41, 5.74) is 0. The lowest BCUT2D eigenvalue weighted by atomic mass is 10.7. The van der Waals surface area contributed by atoms with Gasteiger partial charge < -0.3 is 5.11 Å². The fourth-order valence-corrected chi connectivity index (χ4v) is 0. The van der Waals surface area contributed by atoms with Gasteiger partial charge in [0.2, 0.25) is 0 Å². The fraction of sp³-hybridized carbons (Fsp3) is 0. The maximum absolute atomic E-state index is 9.13. The lowest BCUT2D eigenvalue weighted by Gasteiger charge is -1.60. The van der Waals surface area contributed by atoms with Crippen LogP contribution in [-0.4, -0.2) is 11.1 Å². The van der Waals surface area contributed by atoms with E-state index in [4.69, 9.17) is 9.90 Å². The number of carboxylic acid groups (broad SMARTS) is 1. The molecule has 0 unspecified atom stereocenters. The summed E-state index contributed by atoms with van der Waals surface area (Å²) in [6.07, 6.45) is 4.32. The molecule has 0 aromatic carbocycles. The monoisotopic (exact) mass is 98.0 g/mol. The molecule has 2 heteroatoms. The second-order valence-corrected chi connectivity index (χ2v) is 0.449. The number of hydrogen-bond acceptors (Lipinski definition) is 1. The van der Waals surface area contributed by atoms with Gasteiger partial charge >= 0.3 is 5.97 Å². The van der Waals surface area contributed by atoms with E-state index in [0.29, 0.717) is 0 Å². The summed E-state index contributed by atoms with van der Waals surface area (Å²) in [5, 5.41) is 7.49. The van der Waals surface area contributed by atoms with Crippen LogP contribution in [0.3, 0.4) is 0 Å². The van der Waals surface area contributed by atoms with E-state index in [0.717, 1.165) is 0 Å². The van der Waals surface area contributed by atoms with Gasteiger partial charge in [0.15, 0.2) is 0 Å². The summed E-state index contributed by atoms with van der Waals surface area (Å²) in [5.74, 6) is 0.227. The third kappa shape index (κ3) is 61.7. The van der Waals surface area contributed by atoms with Crippen molar-refractivity contribution in [3.05, 3.63) is 13.2 Å². The van der Waals surface area contributed by atoms with E-state index in [1.165, 1.54) is 5.92 Å². The standard InChI is InChI=1S/C3H2O2.C2H4/c1-2-3(4)5;1-2/h1H,(H,4,5);1-2H2. The minimum absolute atomic E-state index is 1.22. The Balaban J connectivity index is 0. The zero-order valence-corrected chi connectivity index (χ0v) is 3.85. The first-order valence-electron chi connectivity index (χ1n) is 1.47. The molecule has 0 aromatic rings. The van der Waals surface area contributed by atoms with Gasteiger partial charge in [-0.2, -0.15) is 0 Å². The van der Waals surface area contributed by atoms with Gasteiger partial charge in [0, 0.05) is 5.92 Å². The molecular formula is C5H6O2. The molecule has 0 fully saturated rings. The Bertz CT molecular complexity index is 88.7. The van der Waals surface area contributed by atoms with E-state index >= 15 is 0 Å². The van der Waals surface area contributed by atoms with Crippen LogP contribution in [0.2, 0.25) is 0 Å². The summed E-state index contributed by atoms with van der Waals surface area (Å²) in [6.45, 7) is 6.00. The second-order valence-electron chi connectivity index (χ2n) is 0.449. The molecule has 1 N–H and O–H groups in total. The SMILES string of the molecule is C#CC(=O)O.C=C. The molecule has 0 aromatic heterocycles. The smallest absolute Gasteiger partial charge is 0.381 e. The second kappa shape index (κ2) is 8.84. The van der Waals surface area contributed by atoms with Crippen molar-refractivity contribution in [2.24, 2.45) is 0 Å². The average Bonchev–Trinajstić information content (AvgIpc) is 1.73. The summed E-state index contributed by atoms with van der Waals surface area (Å²) in [4.78, 5) is 9.13. The average molecular weight is 98.1 g/mol. The number of aliphatic carboxylic acids is 1. The lowest BCUT2D eigenvalue weighted by Crippen LogP contribution is -1.83. The molecule has 0 atom stereocenters. The van der Waals surface area contributed by atoms with Crippen molar-refractivity contribution in [1.29, 1.82) is 0 Å². The lowest BCUT2D eigenvalue weighted by molar-refractivity contribution is -0.130. The topological polar surface area (TPSA) is 37.3 Å². The molecule has 0 radical (unpaired) electrons. The van der Waals surface area contributed by atoms with E-state index in [9.17, 15) is 0 Å². The normalized spacial score (nSPS) is 4.43. The van der Waals surface area contributed by atoms with E-state index in [-0.39, 0.29) is 0 Å². The zero-order valence-electron chi connectivity index (χ0n) is 3.85. The van der Waals surface area contributed by atoms with Gasteiger partial charge in [0.1, 0.15) is 0 Å². The maximum Gasteiger partial charge on any atom is 0.381 e. The Morgan fingerprint density at radius 2 is 1.86 bits per heavy atom. The van der Waals surface area contributed by atoms with Gasteiger partial charge in [-0.1, -0.05) is 0 Å². The number of carboxylic acids is 1. The quantitative estimate of drug-likeness (QED) is 0.354. The number of carbonyl (C=O) groups is 1. The van der Waals surface area contributed by atoms with Gasteiger partial charge in [-0.15, -0.1) is 19.6 Å². The van der Waals surface area contributed by atoms with Gasteiger partial charge in [-0.3, -0.25) is 0 Å². The van der Waals surface area contributed by atoms with Crippen molar-refractivity contribution in [2.45, 2.75) is 0 Å². The first-order valence-corrected chi connectivity index (χ1v) is 1.47. The fourth-order valence-electron chi connectivity index (χ4n) is 0. The molecule has 0 spiro atoms. The molecule has 0 aliphatic heterocycles. The van der Waals surface area contributed by atoms with Crippen LogP contribution < -0.4 is 0 Å². The van der Waals surface area contributed by atoms with Crippen LogP contribution in [0.15, 0.2) is 13.2 Å². The predicted molar refractivity (Wildman–Crippen MR) is 27.7 cm³/mol. The van der Waals surface area contributed by atoms with Crippen LogP contribution in [0.5, 0.6) is 0 Å². The molecule has 0 aliphatic carbocycles.